The average Bonchev–Trinajstić information content (AvgIpc) is 2.98. The summed E-state index contributed by atoms with van der Waals surface area (Å²) in [6.07, 6.45) is 1.17. The third kappa shape index (κ3) is 5.02. The van der Waals surface area contributed by atoms with Crippen molar-refractivity contribution in [1.29, 1.82) is 0 Å². The molecule has 0 fully saturated rings. The molecule has 0 atom stereocenters. The molecule has 7 heteroatoms. The van der Waals surface area contributed by atoms with Gasteiger partial charge in [0.25, 0.3) is 0 Å². The standard InChI is InChI=1S/C22H25ClN4O2/c1-15(2)12-20(28)14-26-21(17-4-3-5-18(23)13-17)25-27(22(26)29)19-8-6-16(7-9-19)10-11-24/h3-9,13,15H,10-12,14,24H2,1-2H3. The van der Waals surface area contributed by atoms with Crippen LogP contribution in [0.4, 0.5) is 0 Å². The molecule has 0 aliphatic carbocycles. The highest BCUT2D eigenvalue weighted by Crippen LogP contribution is 2.21. The van der Waals surface area contributed by atoms with E-state index in [-0.39, 0.29) is 23.9 Å². The number of Topliss-reactive ketones (excluding diaryl/α,β-unsaturated/α-hetero) is 1. The predicted octanol–water partition coefficient (Wildman–Crippen LogP) is 3.47. The van der Waals surface area contributed by atoms with E-state index in [1.807, 2.05) is 44.2 Å². The molecule has 6 nitrogen and oxygen atoms in total. The normalized spacial score (nSPS) is 11.2. The number of hydrogen-bond donors (Lipinski definition) is 1. The molecule has 2 aromatic carbocycles. The summed E-state index contributed by atoms with van der Waals surface area (Å²) in [6, 6.07) is 14.6. The molecular formula is C22H25ClN4O2. The summed E-state index contributed by atoms with van der Waals surface area (Å²) < 4.78 is 2.75. The quantitative estimate of drug-likeness (QED) is 0.614. The predicted molar refractivity (Wildman–Crippen MR) is 115 cm³/mol. The van der Waals surface area contributed by atoms with Crippen LogP contribution < -0.4 is 11.4 Å². The number of carbonyl (C=O) groups excluding carboxylic acids is 1. The van der Waals surface area contributed by atoms with Gasteiger partial charge in [0.2, 0.25) is 0 Å². The summed E-state index contributed by atoms with van der Waals surface area (Å²) in [4.78, 5) is 25.6. The fourth-order valence-corrected chi connectivity index (χ4v) is 3.41. The molecule has 0 radical (unpaired) electrons. The maximum Gasteiger partial charge on any atom is 0.351 e. The van der Waals surface area contributed by atoms with Crippen LogP contribution in [0.3, 0.4) is 0 Å². The van der Waals surface area contributed by atoms with Crippen LogP contribution in [-0.4, -0.2) is 26.7 Å². The Kier molecular flexibility index (Phi) is 6.67. The molecule has 0 saturated heterocycles. The summed E-state index contributed by atoms with van der Waals surface area (Å²) in [5.41, 5.74) is 7.65. The summed E-state index contributed by atoms with van der Waals surface area (Å²) in [5, 5.41) is 5.07. The molecule has 2 N–H and O–H groups in total. The van der Waals surface area contributed by atoms with Crippen molar-refractivity contribution in [2.24, 2.45) is 11.7 Å². The van der Waals surface area contributed by atoms with E-state index in [1.165, 1.54) is 9.25 Å². The molecule has 1 aromatic heterocycles. The van der Waals surface area contributed by atoms with Gasteiger partial charge in [0.1, 0.15) is 0 Å². The van der Waals surface area contributed by atoms with Crippen molar-refractivity contribution >= 4 is 17.4 Å². The monoisotopic (exact) mass is 412 g/mol. The van der Waals surface area contributed by atoms with Crippen molar-refractivity contribution in [1.82, 2.24) is 14.3 Å². The van der Waals surface area contributed by atoms with Crippen LogP contribution in [0, 0.1) is 5.92 Å². The van der Waals surface area contributed by atoms with Crippen LogP contribution >= 0.6 is 11.6 Å². The van der Waals surface area contributed by atoms with Gasteiger partial charge in [0.05, 0.1) is 12.2 Å². The van der Waals surface area contributed by atoms with Crippen molar-refractivity contribution < 1.29 is 4.79 Å². The van der Waals surface area contributed by atoms with E-state index in [0.29, 0.717) is 35.1 Å². The van der Waals surface area contributed by atoms with Gasteiger partial charge in [-0.05, 0) is 48.7 Å². The molecule has 0 amide bonds. The lowest BCUT2D eigenvalue weighted by Crippen LogP contribution is -2.27. The molecule has 3 rings (SSSR count). The minimum atomic E-state index is -0.358. The van der Waals surface area contributed by atoms with Gasteiger partial charge in [0.15, 0.2) is 11.6 Å². The molecule has 0 aliphatic heterocycles. The Hall–Kier alpha value is -2.70. The van der Waals surface area contributed by atoms with Crippen LogP contribution in [0.5, 0.6) is 0 Å². The summed E-state index contributed by atoms with van der Waals surface area (Å²) in [5.74, 6) is 0.627. The molecule has 1 heterocycles. The van der Waals surface area contributed by atoms with E-state index in [9.17, 15) is 9.59 Å². The van der Waals surface area contributed by atoms with E-state index < -0.39 is 0 Å². The van der Waals surface area contributed by atoms with Crippen molar-refractivity contribution in [3.63, 3.8) is 0 Å². The first kappa shape index (κ1) is 21.0. The maximum atomic E-state index is 13.1. The number of halogens is 1. The van der Waals surface area contributed by atoms with Gasteiger partial charge in [-0.2, -0.15) is 4.68 Å². The maximum absolute atomic E-state index is 13.1. The topological polar surface area (TPSA) is 82.9 Å². The van der Waals surface area contributed by atoms with Crippen molar-refractivity contribution in [2.45, 2.75) is 33.2 Å². The number of aromatic nitrogens is 3. The number of nitrogens with two attached hydrogens (primary N) is 1. The molecule has 0 aliphatic rings. The van der Waals surface area contributed by atoms with E-state index in [2.05, 4.69) is 5.10 Å². The van der Waals surface area contributed by atoms with Crippen LogP contribution in [0.2, 0.25) is 5.02 Å². The van der Waals surface area contributed by atoms with E-state index in [4.69, 9.17) is 17.3 Å². The second-order valence-electron chi connectivity index (χ2n) is 7.46. The lowest BCUT2D eigenvalue weighted by Gasteiger charge is -2.07. The summed E-state index contributed by atoms with van der Waals surface area (Å²) >= 11 is 6.13. The van der Waals surface area contributed by atoms with Crippen molar-refractivity contribution in [3.8, 4) is 17.1 Å². The van der Waals surface area contributed by atoms with Crippen molar-refractivity contribution in [3.05, 3.63) is 69.6 Å². The number of nitrogens with zero attached hydrogens (tertiary/aromatic N) is 3. The fourth-order valence-electron chi connectivity index (χ4n) is 3.21. The highest BCUT2D eigenvalue weighted by molar-refractivity contribution is 6.30. The minimum absolute atomic E-state index is 0.0109. The van der Waals surface area contributed by atoms with Gasteiger partial charge in [-0.15, -0.1) is 5.10 Å². The Morgan fingerprint density at radius 3 is 2.52 bits per heavy atom. The van der Waals surface area contributed by atoms with Crippen LogP contribution in [-0.2, 0) is 17.8 Å². The second kappa shape index (κ2) is 9.20. The van der Waals surface area contributed by atoms with Gasteiger partial charge in [0, 0.05) is 17.0 Å². The van der Waals surface area contributed by atoms with Gasteiger partial charge in [-0.3, -0.25) is 9.36 Å². The summed E-state index contributed by atoms with van der Waals surface area (Å²) in [6.45, 7) is 4.49. The number of carbonyl (C=O) groups is 1. The van der Waals surface area contributed by atoms with Crippen molar-refractivity contribution in [2.75, 3.05) is 6.54 Å². The first-order chi connectivity index (χ1) is 13.9. The third-order valence-corrected chi connectivity index (χ3v) is 4.76. The zero-order valence-corrected chi connectivity index (χ0v) is 17.4. The minimum Gasteiger partial charge on any atom is -0.330 e. The molecule has 0 spiro atoms. The van der Waals surface area contributed by atoms with Gasteiger partial charge in [-0.25, -0.2) is 4.79 Å². The Labute approximate surface area is 174 Å². The van der Waals surface area contributed by atoms with Crippen LogP contribution in [0.25, 0.3) is 17.1 Å². The molecule has 3 aromatic rings. The van der Waals surface area contributed by atoms with E-state index >= 15 is 0 Å². The van der Waals surface area contributed by atoms with Gasteiger partial charge < -0.3 is 5.73 Å². The van der Waals surface area contributed by atoms with Crippen LogP contribution in [0.1, 0.15) is 25.8 Å². The van der Waals surface area contributed by atoms with Gasteiger partial charge in [-0.1, -0.05) is 49.7 Å². The SMILES string of the molecule is CC(C)CC(=O)Cn1c(-c2cccc(Cl)c2)nn(-c2ccc(CCN)cc2)c1=O. The number of hydrogen-bond acceptors (Lipinski definition) is 4. The smallest absolute Gasteiger partial charge is 0.330 e. The number of benzene rings is 2. The Morgan fingerprint density at radius 1 is 1.17 bits per heavy atom. The van der Waals surface area contributed by atoms with Crippen LogP contribution in [0.15, 0.2) is 53.3 Å². The third-order valence-electron chi connectivity index (χ3n) is 4.53. The zero-order valence-electron chi connectivity index (χ0n) is 16.6. The number of rotatable bonds is 8. The largest absolute Gasteiger partial charge is 0.351 e. The average molecular weight is 413 g/mol. The fraction of sp³-hybridized carbons (Fsp3) is 0.318. The zero-order chi connectivity index (χ0) is 21.0. The first-order valence-corrected chi connectivity index (χ1v) is 10.0. The lowest BCUT2D eigenvalue weighted by molar-refractivity contribution is -0.120. The second-order valence-corrected chi connectivity index (χ2v) is 7.89. The molecule has 152 valence electrons. The molecular weight excluding hydrogens is 388 g/mol. The Morgan fingerprint density at radius 2 is 1.90 bits per heavy atom. The molecule has 0 bridgehead atoms. The molecule has 0 unspecified atom stereocenters. The molecule has 29 heavy (non-hydrogen) atoms. The van der Waals surface area contributed by atoms with E-state index in [0.717, 1.165) is 12.0 Å². The van der Waals surface area contributed by atoms with Gasteiger partial charge >= 0.3 is 5.69 Å². The first-order valence-electron chi connectivity index (χ1n) is 9.66. The summed E-state index contributed by atoms with van der Waals surface area (Å²) in [7, 11) is 0. The highest BCUT2D eigenvalue weighted by Gasteiger charge is 2.19. The number of ketones is 1. The highest BCUT2D eigenvalue weighted by atomic mass is 35.5. The van der Waals surface area contributed by atoms with E-state index in [1.54, 1.807) is 18.2 Å². The Bertz CT molecular complexity index is 1050. The Balaban J connectivity index is 2.07. The molecule has 0 saturated carbocycles. The lowest BCUT2D eigenvalue weighted by atomic mass is 10.1.